The van der Waals surface area contributed by atoms with Crippen LogP contribution in [-0.2, 0) is 7.05 Å². The maximum Gasteiger partial charge on any atom is 0.129 e. The number of aryl methyl sites for hydroxylation is 1. The van der Waals surface area contributed by atoms with Gasteiger partial charge in [0.1, 0.15) is 5.15 Å². The Morgan fingerprint density at radius 2 is 2.06 bits per heavy atom. The first kappa shape index (κ1) is 11.1. The van der Waals surface area contributed by atoms with Crippen molar-refractivity contribution in [3.63, 3.8) is 0 Å². The number of aromatic nitrogens is 3. The molecular weight excluding hydrogens is 222 g/mol. The number of pyridine rings is 1. The van der Waals surface area contributed by atoms with E-state index in [0.29, 0.717) is 11.1 Å². The lowest BCUT2D eigenvalue weighted by atomic mass is 10.0. The summed E-state index contributed by atoms with van der Waals surface area (Å²) in [6.45, 7) is 4.27. The highest BCUT2D eigenvalue weighted by atomic mass is 35.5. The lowest BCUT2D eigenvalue weighted by molar-refractivity contribution is 0.713. The van der Waals surface area contributed by atoms with Gasteiger partial charge in [0.2, 0.25) is 0 Å². The molecule has 0 amide bonds. The molecule has 2 aromatic heterocycles. The molecule has 0 aliphatic carbocycles. The first-order valence-electron chi connectivity index (χ1n) is 5.23. The average Bonchev–Trinajstić information content (AvgIpc) is 2.61. The van der Waals surface area contributed by atoms with E-state index in [1.807, 2.05) is 24.0 Å². The van der Waals surface area contributed by atoms with Gasteiger partial charge in [-0.05, 0) is 18.1 Å². The summed E-state index contributed by atoms with van der Waals surface area (Å²) in [5, 5.41) is 4.98. The zero-order valence-electron chi connectivity index (χ0n) is 9.61. The van der Waals surface area contributed by atoms with Gasteiger partial charge < -0.3 is 0 Å². The fraction of sp³-hybridized carbons (Fsp3) is 0.333. The van der Waals surface area contributed by atoms with E-state index in [9.17, 15) is 0 Å². The number of nitrogens with zero attached hydrogens (tertiary/aromatic N) is 3. The van der Waals surface area contributed by atoms with Gasteiger partial charge in [0.25, 0.3) is 0 Å². The van der Waals surface area contributed by atoms with Gasteiger partial charge in [-0.25, -0.2) is 4.98 Å². The number of hydrogen-bond acceptors (Lipinski definition) is 2. The minimum atomic E-state index is 0.395. The molecule has 0 fully saturated rings. The van der Waals surface area contributed by atoms with Gasteiger partial charge in [-0.2, -0.15) is 5.10 Å². The molecular formula is C12H14ClN3. The highest BCUT2D eigenvalue weighted by Crippen LogP contribution is 2.27. The van der Waals surface area contributed by atoms with Crippen molar-refractivity contribution in [3.8, 4) is 11.1 Å². The summed E-state index contributed by atoms with van der Waals surface area (Å²) < 4.78 is 1.83. The zero-order chi connectivity index (χ0) is 11.7. The predicted molar refractivity (Wildman–Crippen MR) is 65.5 cm³/mol. The first-order chi connectivity index (χ1) is 7.58. The largest absolute Gasteiger partial charge is 0.275 e. The van der Waals surface area contributed by atoms with Crippen molar-refractivity contribution in [2.24, 2.45) is 7.05 Å². The third kappa shape index (κ3) is 2.09. The molecule has 3 nitrogen and oxygen atoms in total. The molecule has 0 radical (unpaired) electrons. The van der Waals surface area contributed by atoms with Gasteiger partial charge in [0.15, 0.2) is 0 Å². The van der Waals surface area contributed by atoms with Crippen LogP contribution >= 0.6 is 11.6 Å². The molecule has 0 N–H and O–H groups in total. The minimum absolute atomic E-state index is 0.395. The highest BCUT2D eigenvalue weighted by molar-refractivity contribution is 6.29. The van der Waals surface area contributed by atoms with Crippen molar-refractivity contribution in [1.29, 1.82) is 0 Å². The van der Waals surface area contributed by atoms with E-state index in [1.165, 1.54) is 0 Å². The maximum absolute atomic E-state index is 5.77. The summed E-state index contributed by atoms with van der Waals surface area (Å²) in [5.41, 5.74) is 3.27. The lowest BCUT2D eigenvalue weighted by Crippen LogP contribution is -1.93. The third-order valence-electron chi connectivity index (χ3n) is 2.44. The van der Waals surface area contributed by atoms with E-state index in [-0.39, 0.29) is 0 Å². The fourth-order valence-corrected chi connectivity index (χ4v) is 1.80. The normalized spacial score (nSPS) is 11.1. The van der Waals surface area contributed by atoms with Gasteiger partial charge in [-0.3, -0.25) is 4.68 Å². The zero-order valence-corrected chi connectivity index (χ0v) is 10.4. The second kappa shape index (κ2) is 4.26. The summed E-state index contributed by atoms with van der Waals surface area (Å²) >= 11 is 5.77. The van der Waals surface area contributed by atoms with Crippen LogP contribution in [-0.4, -0.2) is 14.8 Å². The average molecular weight is 236 g/mol. The second-order valence-electron chi connectivity index (χ2n) is 4.13. The molecule has 0 saturated heterocycles. The molecule has 16 heavy (non-hydrogen) atoms. The minimum Gasteiger partial charge on any atom is -0.275 e. The highest BCUT2D eigenvalue weighted by Gasteiger charge is 2.13. The van der Waals surface area contributed by atoms with Crippen molar-refractivity contribution in [2.75, 3.05) is 0 Å². The lowest BCUT2D eigenvalue weighted by Gasteiger charge is -2.04. The van der Waals surface area contributed by atoms with Crippen LogP contribution in [0.4, 0.5) is 0 Å². The quantitative estimate of drug-likeness (QED) is 0.748. The Hall–Kier alpha value is -1.35. The Bertz CT molecular complexity index is 485. The van der Waals surface area contributed by atoms with E-state index in [2.05, 4.69) is 23.9 Å². The molecule has 84 valence electrons. The van der Waals surface area contributed by atoms with Crippen LogP contribution in [0.15, 0.2) is 24.5 Å². The fourth-order valence-electron chi connectivity index (χ4n) is 1.69. The Kier molecular flexibility index (Phi) is 2.97. The molecule has 0 atom stereocenters. The van der Waals surface area contributed by atoms with Crippen molar-refractivity contribution in [1.82, 2.24) is 14.8 Å². The number of rotatable bonds is 2. The van der Waals surface area contributed by atoms with Gasteiger partial charge >= 0.3 is 0 Å². The molecule has 2 rings (SSSR count). The van der Waals surface area contributed by atoms with Crippen LogP contribution in [0.3, 0.4) is 0 Å². The second-order valence-corrected chi connectivity index (χ2v) is 4.51. The summed E-state index contributed by atoms with van der Waals surface area (Å²) in [4.78, 5) is 4.09. The van der Waals surface area contributed by atoms with Crippen molar-refractivity contribution >= 4 is 11.6 Å². The van der Waals surface area contributed by atoms with Crippen molar-refractivity contribution in [2.45, 2.75) is 19.8 Å². The van der Waals surface area contributed by atoms with Crippen LogP contribution in [0.2, 0.25) is 5.15 Å². The van der Waals surface area contributed by atoms with Gasteiger partial charge in [-0.1, -0.05) is 25.4 Å². The Morgan fingerprint density at radius 1 is 1.31 bits per heavy atom. The molecule has 0 bridgehead atoms. The van der Waals surface area contributed by atoms with E-state index < -0.39 is 0 Å². The van der Waals surface area contributed by atoms with E-state index in [1.54, 1.807) is 12.3 Å². The molecule has 0 spiro atoms. The summed E-state index contributed by atoms with van der Waals surface area (Å²) in [5.74, 6) is 0.395. The Balaban J connectivity index is 2.50. The first-order valence-corrected chi connectivity index (χ1v) is 5.61. The van der Waals surface area contributed by atoms with Crippen LogP contribution in [0, 0.1) is 0 Å². The van der Waals surface area contributed by atoms with Crippen LogP contribution in [0.1, 0.15) is 25.5 Å². The number of hydrogen-bond donors (Lipinski definition) is 0. The van der Waals surface area contributed by atoms with E-state index in [4.69, 9.17) is 11.6 Å². The maximum atomic E-state index is 5.77. The molecule has 0 aliphatic rings. The molecule has 2 aromatic rings. The van der Waals surface area contributed by atoms with Crippen molar-refractivity contribution in [3.05, 3.63) is 35.4 Å². The van der Waals surface area contributed by atoms with E-state index >= 15 is 0 Å². The van der Waals surface area contributed by atoms with Crippen LogP contribution in [0.25, 0.3) is 11.1 Å². The molecule has 0 saturated carbocycles. The molecule has 4 heteroatoms. The van der Waals surface area contributed by atoms with Crippen molar-refractivity contribution < 1.29 is 0 Å². The van der Waals surface area contributed by atoms with Gasteiger partial charge in [-0.15, -0.1) is 0 Å². The molecule has 0 unspecified atom stereocenters. The molecule has 2 heterocycles. The smallest absolute Gasteiger partial charge is 0.129 e. The summed E-state index contributed by atoms with van der Waals surface area (Å²) in [6, 6.07) is 3.77. The summed E-state index contributed by atoms with van der Waals surface area (Å²) in [7, 11) is 1.93. The topological polar surface area (TPSA) is 30.7 Å². The van der Waals surface area contributed by atoms with Gasteiger partial charge in [0, 0.05) is 30.6 Å². The SMILES string of the molecule is CC(C)c1nn(C)cc1-c1ccc(Cl)nc1. The van der Waals surface area contributed by atoms with Crippen LogP contribution < -0.4 is 0 Å². The van der Waals surface area contributed by atoms with Crippen LogP contribution in [0.5, 0.6) is 0 Å². The third-order valence-corrected chi connectivity index (χ3v) is 2.67. The molecule has 0 aliphatic heterocycles. The predicted octanol–water partition coefficient (Wildman–Crippen LogP) is 3.26. The van der Waals surface area contributed by atoms with E-state index in [0.717, 1.165) is 16.8 Å². The number of halogens is 1. The monoisotopic (exact) mass is 235 g/mol. The Labute approximate surface area is 100 Å². The Morgan fingerprint density at radius 3 is 2.62 bits per heavy atom. The standard InChI is InChI=1S/C12H14ClN3/c1-8(2)12-10(7-16(3)15-12)9-4-5-11(13)14-6-9/h4-8H,1-3H3. The van der Waals surface area contributed by atoms with Gasteiger partial charge in [0.05, 0.1) is 5.69 Å². The summed E-state index contributed by atoms with van der Waals surface area (Å²) in [6.07, 6.45) is 3.80. The molecule has 0 aromatic carbocycles.